The molecule has 216 valence electrons. The first-order valence-electron chi connectivity index (χ1n) is 13.7. The number of carboxylic acid groups (broad SMARTS) is 1. The molecule has 0 aliphatic heterocycles. The van der Waals surface area contributed by atoms with Gasteiger partial charge in [0, 0.05) is 22.6 Å². The number of esters is 1. The Kier molecular flexibility index (Phi) is 5.98. The zero-order valence-corrected chi connectivity index (χ0v) is 22.8. The lowest BCUT2D eigenvalue weighted by atomic mass is 9.45. The highest BCUT2D eigenvalue weighted by atomic mass is 19.1. The maximum Gasteiger partial charge on any atom is 0.509 e. The Morgan fingerprint density at radius 2 is 1.80 bits per heavy atom. The van der Waals surface area contributed by atoms with E-state index in [4.69, 9.17) is 9.47 Å². The molecule has 41 heavy (non-hydrogen) atoms. The normalized spacial score (nSPS) is 41.2. The molecule has 0 unspecified atom stereocenters. The largest absolute Gasteiger partial charge is 0.509 e. The van der Waals surface area contributed by atoms with Gasteiger partial charge in [0.05, 0.1) is 17.0 Å². The number of aliphatic hydroxyl groups is 1. The lowest BCUT2D eigenvalue weighted by Crippen LogP contribution is -2.70. The second-order valence-electron chi connectivity index (χ2n) is 12.3. The lowest BCUT2D eigenvalue weighted by molar-refractivity contribution is -0.289. The SMILES string of the molecule is C[C@@H]1C[C@H]2[C@@H]3C[C@H](F)C4=CC(=O)C=C[C@]4(C)[C@@]3(F)[C@@H](O)C[C@]2(C)[C@]1(OC(=O)O)OC(=O)c1ccc2ccccc2n1. The highest BCUT2D eigenvalue weighted by molar-refractivity contribution is 6.01. The fraction of sp³-hybridized carbons (Fsp3) is 0.484. The Hall–Kier alpha value is -3.66. The number of hydrogen-bond donors (Lipinski definition) is 2. The van der Waals surface area contributed by atoms with Gasteiger partial charge in [-0.2, -0.15) is 0 Å². The van der Waals surface area contributed by atoms with E-state index < -0.39 is 70.2 Å². The number of fused-ring (bicyclic) bond motifs is 6. The molecule has 0 bridgehead atoms. The van der Waals surface area contributed by atoms with Crippen molar-refractivity contribution in [2.24, 2.45) is 28.6 Å². The number of pyridine rings is 1. The summed E-state index contributed by atoms with van der Waals surface area (Å²) in [5.41, 5.74) is -4.94. The van der Waals surface area contributed by atoms with Crippen LogP contribution in [0.5, 0.6) is 0 Å². The molecule has 0 radical (unpaired) electrons. The smallest absolute Gasteiger partial charge is 0.450 e. The molecule has 8 nitrogen and oxygen atoms in total. The van der Waals surface area contributed by atoms with Crippen LogP contribution in [0.15, 0.2) is 60.2 Å². The molecule has 0 spiro atoms. The van der Waals surface area contributed by atoms with E-state index in [0.29, 0.717) is 5.52 Å². The quantitative estimate of drug-likeness (QED) is 0.376. The summed E-state index contributed by atoms with van der Waals surface area (Å²) in [7, 11) is 0. The molecule has 4 aliphatic carbocycles. The van der Waals surface area contributed by atoms with E-state index in [-0.39, 0.29) is 30.5 Å². The molecule has 6 rings (SSSR count). The molecule has 1 aromatic heterocycles. The summed E-state index contributed by atoms with van der Waals surface area (Å²) in [5.74, 6) is -6.09. The van der Waals surface area contributed by atoms with Crippen LogP contribution >= 0.6 is 0 Å². The summed E-state index contributed by atoms with van der Waals surface area (Å²) < 4.78 is 44.6. The average molecular weight is 568 g/mol. The number of para-hydroxylation sites is 1. The fourth-order valence-corrected chi connectivity index (χ4v) is 8.44. The Balaban J connectivity index is 1.43. The van der Waals surface area contributed by atoms with Crippen molar-refractivity contribution in [1.29, 1.82) is 0 Å². The van der Waals surface area contributed by atoms with E-state index in [1.165, 1.54) is 25.1 Å². The van der Waals surface area contributed by atoms with Crippen molar-refractivity contribution in [3.8, 4) is 0 Å². The Morgan fingerprint density at radius 3 is 2.54 bits per heavy atom. The van der Waals surface area contributed by atoms with Crippen molar-refractivity contribution in [3.05, 3.63) is 65.9 Å². The molecule has 10 heteroatoms. The molecule has 3 fully saturated rings. The maximum absolute atomic E-state index is 17.5. The summed E-state index contributed by atoms with van der Waals surface area (Å²) in [5, 5.41) is 22.2. The topological polar surface area (TPSA) is 123 Å². The number of rotatable bonds is 3. The van der Waals surface area contributed by atoms with Gasteiger partial charge in [-0.15, -0.1) is 0 Å². The van der Waals surface area contributed by atoms with Crippen molar-refractivity contribution in [2.45, 2.75) is 63.8 Å². The molecule has 0 amide bonds. The van der Waals surface area contributed by atoms with Crippen LogP contribution in [0.1, 0.15) is 50.5 Å². The number of benzene rings is 1. The van der Waals surface area contributed by atoms with Crippen molar-refractivity contribution < 1.29 is 42.9 Å². The molecule has 9 atom stereocenters. The van der Waals surface area contributed by atoms with Crippen LogP contribution in [0.3, 0.4) is 0 Å². The minimum Gasteiger partial charge on any atom is -0.450 e. The van der Waals surface area contributed by atoms with Crippen molar-refractivity contribution in [2.75, 3.05) is 0 Å². The number of ether oxygens (including phenoxy) is 2. The number of alkyl halides is 2. The summed E-state index contributed by atoms with van der Waals surface area (Å²) in [6, 6.07) is 10.3. The van der Waals surface area contributed by atoms with Crippen LogP contribution < -0.4 is 0 Å². The zero-order valence-electron chi connectivity index (χ0n) is 22.8. The predicted octanol–water partition coefficient (Wildman–Crippen LogP) is 5.35. The van der Waals surface area contributed by atoms with Gasteiger partial charge in [-0.25, -0.2) is 23.4 Å². The summed E-state index contributed by atoms with van der Waals surface area (Å²) in [6.07, 6.45) is -1.96. The molecular formula is C31H31F2NO7. The number of nitrogens with zero attached hydrogens (tertiary/aromatic N) is 1. The second kappa shape index (κ2) is 8.92. The second-order valence-corrected chi connectivity index (χ2v) is 12.3. The van der Waals surface area contributed by atoms with Crippen LogP contribution in [0.4, 0.5) is 13.6 Å². The predicted molar refractivity (Wildman–Crippen MR) is 142 cm³/mol. The van der Waals surface area contributed by atoms with Gasteiger partial charge in [0.1, 0.15) is 11.9 Å². The van der Waals surface area contributed by atoms with Crippen LogP contribution in [0, 0.1) is 28.6 Å². The Bertz CT molecular complexity index is 1540. The van der Waals surface area contributed by atoms with Gasteiger partial charge in [-0.3, -0.25) is 4.79 Å². The summed E-state index contributed by atoms with van der Waals surface area (Å²) >= 11 is 0. The van der Waals surface area contributed by atoms with E-state index in [2.05, 4.69) is 4.98 Å². The first-order chi connectivity index (χ1) is 19.3. The number of allylic oxidation sites excluding steroid dienone is 4. The first kappa shape index (κ1) is 27.5. The number of carbonyl (C=O) groups is 3. The number of aliphatic hydroxyl groups excluding tert-OH is 1. The van der Waals surface area contributed by atoms with E-state index in [1.807, 2.05) is 12.1 Å². The third-order valence-corrected chi connectivity index (χ3v) is 10.4. The maximum atomic E-state index is 17.5. The Labute approximate surface area is 235 Å². The number of halogens is 2. The van der Waals surface area contributed by atoms with Crippen molar-refractivity contribution >= 4 is 28.8 Å². The van der Waals surface area contributed by atoms with Crippen molar-refractivity contribution in [3.63, 3.8) is 0 Å². The summed E-state index contributed by atoms with van der Waals surface area (Å²) in [6.45, 7) is 4.73. The number of ketones is 1. The molecule has 3 saturated carbocycles. The molecule has 1 heterocycles. The standard InChI is InChI=1S/C31H31F2NO7/c1-16-12-19-20-14-22(32)21-13-18(35)10-11-28(21,2)30(20,33)25(36)15-29(19,3)31(16,41-27(38)39)40-26(37)24-9-8-17-6-4-5-7-23(17)34-24/h4-11,13,16,19-20,22,25,36H,12,14-15H2,1-3H3,(H,38,39)/t16-,19+,20+,22+,25+,28+,29+,30+,31+/m1/s1. The number of aromatic nitrogens is 1. The van der Waals surface area contributed by atoms with Crippen LogP contribution in [0.25, 0.3) is 10.9 Å². The molecule has 0 saturated heterocycles. The van der Waals surface area contributed by atoms with E-state index >= 15 is 8.78 Å². The van der Waals surface area contributed by atoms with Gasteiger partial charge in [0.25, 0.3) is 5.79 Å². The van der Waals surface area contributed by atoms with E-state index in [1.54, 1.807) is 32.0 Å². The van der Waals surface area contributed by atoms with Crippen molar-refractivity contribution in [1.82, 2.24) is 4.98 Å². The molecule has 2 N–H and O–H groups in total. The average Bonchev–Trinajstić information content (AvgIpc) is 3.12. The monoisotopic (exact) mass is 567 g/mol. The minimum atomic E-state index is -2.37. The number of carbonyl (C=O) groups excluding carboxylic acids is 2. The van der Waals surface area contributed by atoms with Gasteiger partial charge in [0.15, 0.2) is 11.5 Å². The van der Waals surface area contributed by atoms with Gasteiger partial charge in [0.2, 0.25) is 0 Å². The van der Waals surface area contributed by atoms with E-state index in [9.17, 15) is 24.6 Å². The van der Waals surface area contributed by atoms with Crippen LogP contribution in [-0.2, 0) is 14.3 Å². The zero-order chi connectivity index (χ0) is 29.5. The molecule has 2 aromatic rings. The van der Waals surface area contributed by atoms with Gasteiger partial charge >= 0.3 is 12.1 Å². The fourth-order valence-electron chi connectivity index (χ4n) is 8.44. The number of hydrogen-bond acceptors (Lipinski definition) is 7. The highest BCUT2D eigenvalue weighted by Gasteiger charge is 2.78. The third-order valence-electron chi connectivity index (χ3n) is 10.4. The Morgan fingerprint density at radius 1 is 1.07 bits per heavy atom. The minimum absolute atomic E-state index is 0.0145. The molecular weight excluding hydrogens is 536 g/mol. The highest BCUT2D eigenvalue weighted by Crippen LogP contribution is 2.71. The summed E-state index contributed by atoms with van der Waals surface area (Å²) in [4.78, 5) is 42.1. The first-order valence-corrected chi connectivity index (χ1v) is 13.7. The van der Waals surface area contributed by atoms with Gasteiger partial charge in [-0.1, -0.05) is 44.2 Å². The lowest BCUT2D eigenvalue weighted by Gasteiger charge is -2.62. The third kappa shape index (κ3) is 3.58. The van der Waals surface area contributed by atoms with Crippen LogP contribution in [-0.4, -0.2) is 56.8 Å². The van der Waals surface area contributed by atoms with Crippen LogP contribution in [0.2, 0.25) is 0 Å². The molecule has 1 aromatic carbocycles. The van der Waals surface area contributed by atoms with Gasteiger partial charge in [-0.05, 0) is 62.0 Å². The van der Waals surface area contributed by atoms with Gasteiger partial charge < -0.3 is 19.7 Å². The van der Waals surface area contributed by atoms with E-state index in [0.717, 1.165) is 11.5 Å². The molecule has 4 aliphatic rings.